The molecule has 0 fully saturated rings. The monoisotopic (exact) mass is 387 g/mol. The lowest BCUT2D eigenvalue weighted by Crippen LogP contribution is -2.55. The van der Waals surface area contributed by atoms with Gasteiger partial charge in [0, 0.05) is 13.0 Å². The van der Waals surface area contributed by atoms with Crippen molar-refractivity contribution in [3.63, 3.8) is 0 Å². The van der Waals surface area contributed by atoms with Crippen molar-refractivity contribution in [1.29, 1.82) is 0 Å². The number of para-hydroxylation sites is 1. The maximum absolute atomic E-state index is 14.4. The first kappa shape index (κ1) is 19.9. The van der Waals surface area contributed by atoms with Gasteiger partial charge in [0.2, 0.25) is 11.8 Å². The van der Waals surface area contributed by atoms with E-state index in [-0.39, 0.29) is 24.6 Å². The molecule has 1 aliphatic heterocycles. The van der Waals surface area contributed by atoms with Gasteiger partial charge in [-0.3, -0.25) is 14.9 Å². The quantitative estimate of drug-likeness (QED) is 0.845. The first-order valence-corrected chi connectivity index (χ1v) is 9.17. The highest BCUT2D eigenvalue weighted by Crippen LogP contribution is 2.32. The van der Waals surface area contributed by atoms with Crippen molar-refractivity contribution in [2.75, 3.05) is 4.90 Å². The third-order valence-corrected chi connectivity index (χ3v) is 5.04. The SMILES string of the molecule is CC(C)[C@H](N)C(=O)NC(=O)[C@@H]1Cc2ccccc2CN1c1c(F)cccc1F. The lowest BCUT2D eigenvalue weighted by molar-refractivity contribution is -0.132. The Kier molecular flexibility index (Phi) is 5.74. The summed E-state index contributed by atoms with van der Waals surface area (Å²) in [4.78, 5) is 26.5. The van der Waals surface area contributed by atoms with Gasteiger partial charge in [0.05, 0.1) is 6.04 Å². The Morgan fingerprint density at radius 2 is 1.68 bits per heavy atom. The molecule has 0 aromatic heterocycles. The van der Waals surface area contributed by atoms with E-state index in [9.17, 15) is 18.4 Å². The molecular weight excluding hydrogens is 364 g/mol. The summed E-state index contributed by atoms with van der Waals surface area (Å²) in [6.45, 7) is 3.69. The van der Waals surface area contributed by atoms with Gasteiger partial charge in [-0.1, -0.05) is 44.2 Å². The van der Waals surface area contributed by atoms with Crippen LogP contribution in [0, 0.1) is 17.6 Å². The van der Waals surface area contributed by atoms with Crippen molar-refractivity contribution in [2.24, 2.45) is 11.7 Å². The fraction of sp³-hybridized carbons (Fsp3) is 0.333. The Bertz CT molecular complexity index is 881. The zero-order valence-corrected chi connectivity index (χ0v) is 15.8. The number of imide groups is 1. The predicted molar refractivity (Wildman–Crippen MR) is 102 cm³/mol. The molecule has 1 heterocycles. The molecule has 1 aliphatic rings. The third kappa shape index (κ3) is 3.89. The number of nitrogens with zero attached hydrogens (tertiary/aromatic N) is 1. The number of halogens is 2. The van der Waals surface area contributed by atoms with Crippen molar-refractivity contribution < 1.29 is 18.4 Å². The number of carbonyl (C=O) groups excluding carboxylic acids is 2. The van der Waals surface area contributed by atoms with E-state index in [0.717, 1.165) is 23.3 Å². The van der Waals surface area contributed by atoms with Crippen LogP contribution >= 0.6 is 0 Å². The summed E-state index contributed by atoms with van der Waals surface area (Å²) in [5.74, 6) is -2.91. The van der Waals surface area contributed by atoms with E-state index in [2.05, 4.69) is 5.32 Å². The molecule has 2 atom stereocenters. The van der Waals surface area contributed by atoms with Crippen LogP contribution in [0.4, 0.5) is 14.5 Å². The lowest BCUT2D eigenvalue weighted by atomic mass is 9.92. The second kappa shape index (κ2) is 8.06. The van der Waals surface area contributed by atoms with Gasteiger partial charge in [0.15, 0.2) is 0 Å². The molecule has 148 valence electrons. The van der Waals surface area contributed by atoms with Gasteiger partial charge in [-0.25, -0.2) is 8.78 Å². The molecule has 0 radical (unpaired) electrons. The van der Waals surface area contributed by atoms with Crippen LogP contribution < -0.4 is 16.0 Å². The van der Waals surface area contributed by atoms with Gasteiger partial charge in [-0.05, 0) is 29.2 Å². The molecule has 0 saturated carbocycles. The van der Waals surface area contributed by atoms with Crippen molar-refractivity contribution in [3.05, 3.63) is 65.2 Å². The van der Waals surface area contributed by atoms with Crippen LogP contribution in [0.1, 0.15) is 25.0 Å². The zero-order chi connectivity index (χ0) is 20.4. The fourth-order valence-corrected chi connectivity index (χ4v) is 3.35. The highest BCUT2D eigenvalue weighted by atomic mass is 19.1. The van der Waals surface area contributed by atoms with Crippen LogP contribution in [0.2, 0.25) is 0 Å². The molecule has 0 spiro atoms. The van der Waals surface area contributed by atoms with E-state index in [1.807, 2.05) is 24.3 Å². The summed E-state index contributed by atoms with van der Waals surface area (Å²) in [6.07, 6.45) is 0.222. The van der Waals surface area contributed by atoms with Crippen molar-refractivity contribution in [1.82, 2.24) is 5.32 Å². The number of nitrogens with two attached hydrogens (primary N) is 1. The second-order valence-electron chi connectivity index (χ2n) is 7.31. The topological polar surface area (TPSA) is 75.4 Å². The number of hydrogen-bond acceptors (Lipinski definition) is 4. The molecule has 3 N–H and O–H groups in total. The van der Waals surface area contributed by atoms with E-state index in [1.165, 1.54) is 11.0 Å². The van der Waals surface area contributed by atoms with Gasteiger partial charge in [0.25, 0.3) is 0 Å². The van der Waals surface area contributed by atoms with E-state index in [0.29, 0.717) is 0 Å². The smallest absolute Gasteiger partial charge is 0.249 e. The number of fused-ring (bicyclic) bond motifs is 1. The molecule has 5 nitrogen and oxygen atoms in total. The van der Waals surface area contributed by atoms with Crippen molar-refractivity contribution in [2.45, 2.75) is 38.9 Å². The summed E-state index contributed by atoms with van der Waals surface area (Å²) in [5, 5.41) is 2.31. The van der Waals surface area contributed by atoms with Gasteiger partial charge < -0.3 is 10.6 Å². The summed E-state index contributed by atoms with van der Waals surface area (Å²) >= 11 is 0. The molecule has 2 amide bonds. The van der Waals surface area contributed by atoms with Gasteiger partial charge in [-0.2, -0.15) is 0 Å². The van der Waals surface area contributed by atoms with Gasteiger partial charge in [-0.15, -0.1) is 0 Å². The highest BCUT2D eigenvalue weighted by Gasteiger charge is 2.35. The number of rotatable bonds is 4. The molecule has 28 heavy (non-hydrogen) atoms. The minimum Gasteiger partial charge on any atom is -0.350 e. The fourth-order valence-electron chi connectivity index (χ4n) is 3.35. The highest BCUT2D eigenvalue weighted by molar-refractivity contribution is 6.01. The van der Waals surface area contributed by atoms with Gasteiger partial charge in [0.1, 0.15) is 23.4 Å². The van der Waals surface area contributed by atoms with E-state index in [1.54, 1.807) is 13.8 Å². The Hall–Kier alpha value is -2.80. The molecule has 2 aromatic rings. The second-order valence-corrected chi connectivity index (χ2v) is 7.31. The number of hydrogen-bond donors (Lipinski definition) is 2. The van der Waals surface area contributed by atoms with Crippen LogP contribution in [0.25, 0.3) is 0 Å². The predicted octanol–water partition coefficient (Wildman–Crippen LogP) is 2.52. The molecule has 2 aromatic carbocycles. The Balaban J connectivity index is 1.96. The average molecular weight is 387 g/mol. The first-order valence-electron chi connectivity index (χ1n) is 9.17. The van der Waals surface area contributed by atoms with Crippen LogP contribution in [0.3, 0.4) is 0 Å². The minimum atomic E-state index is -0.940. The zero-order valence-electron chi connectivity index (χ0n) is 15.8. The molecule has 0 bridgehead atoms. The number of nitrogens with one attached hydrogen (secondary N) is 1. The maximum Gasteiger partial charge on any atom is 0.249 e. The van der Waals surface area contributed by atoms with E-state index in [4.69, 9.17) is 5.73 Å². The minimum absolute atomic E-state index is 0.149. The van der Waals surface area contributed by atoms with Crippen molar-refractivity contribution >= 4 is 17.5 Å². The summed E-state index contributed by atoms with van der Waals surface area (Å²) in [5.41, 5.74) is 7.30. The summed E-state index contributed by atoms with van der Waals surface area (Å²) in [6, 6.07) is 9.17. The number of carbonyl (C=O) groups is 2. The summed E-state index contributed by atoms with van der Waals surface area (Å²) < 4.78 is 28.9. The molecule has 7 heteroatoms. The maximum atomic E-state index is 14.4. The lowest BCUT2D eigenvalue weighted by Gasteiger charge is -2.38. The molecule has 3 rings (SSSR count). The summed E-state index contributed by atoms with van der Waals surface area (Å²) in [7, 11) is 0. The normalized spacial score (nSPS) is 17.2. The van der Waals surface area contributed by atoms with Crippen LogP contribution in [0.15, 0.2) is 42.5 Å². The van der Waals surface area contributed by atoms with Gasteiger partial charge >= 0.3 is 0 Å². The molecule has 0 aliphatic carbocycles. The third-order valence-electron chi connectivity index (χ3n) is 5.04. The standard InChI is InChI=1S/C21H23F2N3O2/c1-12(2)18(24)21(28)25-20(27)17-10-13-6-3-4-7-14(13)11-26(17)19-15(22)8-5-9-16(19)23/h3-9,12,17-18H,10-11,24H2,1-2H3,(H,25,27,28)/t17-,18-/m0/s1. The van der Waals surface area contributed by atoms with Crippen molar-refractivity contribution in [3.8, 4) is 0 Å². The number of amides is 2. The Morgan fingerprint density at radius 3 is 2.29 bits per heavy atom. The largest absolute Gasteiger partial charge is 0.350 e. The number of anilines is 1. The van der Waals surface area contributed by atoms with Crippen LogP contribution in [0.5, 0.6) is 0 Å². The van der Waals surface area contributed by atoms with Crippen LogP contribution in [-0.2, 0) is 22.6 Å². The number of benzene rings is 2. The Morgan fingerprint density at radius 1 is 1.07 bits per heavy atom. The molecular formula is C21H23F2N3O2. The molecule has 0 unspecified atom stereocenters. The van der Waals surface area contributed by atoms with Crippen LogP contribution in [-0.4, -0.2) is 23.9 Å². The van der Waals surface area contributed by atoms with E-state index < -0.39 is 35.5 Å². The average Bonchev–Trinajstić information content (AvgIpc) is 2.66. The molecule has 0 saturated heterocycles. The first-order chi connectivity index (χ1) is 13.3. The Labute approximate surface area is 162 Å². The van der Waals surface area contributed by atoms with E-state index >= 15 is 0 Å².